The Morgan fingerprint density at radius 3 is 2.95 bits per heavy atom. The summed E-state index contributed by atoms with van der Waals surface area (Å²) < 4.78 is 5.54. The van der Waals surface area contributed by atoms with E-state index >= 15 is 0 Å². The summed E-state index contributed by atoms with van der Waals surface area (Å²) in [5, 5.41) is 7.68. The fourth-order valence-corrected chi connectivity index (χ4v) is 3.25. The molecule has 0 bridgehead atoms. The Labute approximate surface area is 133 Å². The van der Waals surface area contributed by atoms with Crippen LogP contribution in [-0.2, 0) is 6.54 Å². The van der Waals surface area contributed by atoms with E-state index in [0.29, 0.717) is 13.1 Å². The molecule has 1 saturated heterocycles. The molecular weight excluding hydrogens is 300 g/mol. The van der Waals surface area contributed by atoms with Crippen LogP contribution >= 0.6 is 11.3 Å². The molecule has 3 rings (SSSR count). The molecule has 0 aliphatic carbocycles. The van der Waals surface area contributed by atoms with Crippen molar-refractivity contribution in [3.63, 3.8) is 0 Å². The Morgan fingerprint density at radius 1 is 1.41 bits per heavy atom. The van der Waals surface area contributed by atoms with E-state index in [0.717, 1.165) is 24.5 Å². The van der Waals surface area contributed by atoms with Crippen molar-refractivity contribution in [3.05, 3.63) is 40.7 Å². The summed E-state index contributed by atoms with van der Waals surface area (Å²) in [6, 6.07) is 3.78. The van der Waals surface area contributed by atoms with Crippen LogP contribution in [0.5, 0.6) is 0 Å². The van der Waals surface area contributed by atoms with Crippen LogP contribution in [0.25, 0.3) is 0 Å². The Bertz CT molecular complexity index is 564. The van der Waals surface area contributed by atoms with Crippen LogP contribution < -0.4 is 10.6 Å². The molecule has 22 heavy (non-hydrogen) atoms. The van der Waals surface area contributed by atoms with E-state index in [4.69, 9.17) is 4.42 Å². The molecule has 1 atom stereocenters. The number of carbonyl (C=O) groups excluding carboxylic acids is 1. The van der Waals surface area contributed by atoms with Gasteiger partial charge in [-0.25, -0.2) is 9.78 Å². The molecule has 3 heterocycles. The molecule has 0 spiro atoms. The minimum Gasteiger partial charge on any atom is -0.468 e. The lowest BCUT2D eigenvalue weighted by atomic mass is 10.2. The van der Waals surface area contributed by atoms with E-state index in [1.54, 1.807) is 11.8 Å². The number of likely N-dealkylation sites (tertiary alicyclic amines) is 1. The van der Waals surface area contributed by atoms with Crippen LogP contribution in [0.2, 0.25) is 0 Å². The molecule has 1 aliphatic rings. The van der Waals surface area contributed by atoms with Gasteiger partial charge in [0.15, 0.2) is 0 Å². The number of urea groups is 1. The van der Waals surface area contributed by atoms with Crippen LogP contribution in [0.1, 0.15) is 30.3 Å². The molecule has 0 radical (unpaired) electrons. The van der Waals surface area contributed by atoms with Crippen LogP contribution in [0.15, 0.2) is 33.7 Å². The average Bonchev–Trinajstić information content (AvgIpc) is 3.27. The second-order valence-electron chi connectivity index (χ2n) is 5.32. The lowest BCUT2D eigenvalue weighted by Gasteiger charge is -2.26. The molecule has 1 fully saturated rings. The Hall–Kier alpha value is -1.86. The highest BCUT2D eigenvalue weighted by Gasteiger charge is 2.25. The predicted octanol–water partition coefficient (Wildman–Crippen LogP) is 2.37. The molecule has 0 saturated carbocycles. The van der Waals surface area contributed by atoms with Gasteiger partial charge in [0.1, 0.15) is 5.76 Å². The first-order chi connectivity index (χ1) is 10.8. The minimum atomic E-state index is -0.177. The maximum absolute atomic E-state index is 11.9. The van der Waals surface area contributed by atoms with Crippen LogP contribution in [0.3, 0.4) is 0 Å². The molecule has 0 aromatic carbocycles. The number of nitrogens with zero attached hydrogens (tertiary/aromatic N) is 2. The van der Waals surface area contributed by atoms with E-state index < -0.39 is 0 Å². The Morgan fingerprint density at radius 2 is 2.27 bits per heavy atom. The molecule has 2 aromatic heterocycles. The number of carbonyl (C=O) groups is 1. The number of nitrogens with one attached hydrogen (secondary N) is 2. The van der Waals surface area contributed by atoms with E-state index in [-0.39, 0.29) is 12.1 Å². The predicted molar refractivity (Wildman–Crippen MR) is 84.6 cm³/mol. The van der Waals surface area contributed by atoms with Crippen molar-refractivity contribution in [1.82, 2.24) is 20.5 Å². The average molecular weight is 320 g/mol. The number of hydrogen-bond donors (Lipinski definition) is 2. The lowest BCUT2D eigenvalue weighted by Crippen LogP contribution is -2.41. The SMILES string of the molecule is O=C(NCc1cscn1)NC[C@@H](c1ccco1)N1CCCC1. The van der Waals surface area contributed by atoms with Gasteiger partial charge in [0.25, 0.3) is 0 Å². The second kappa shape index (κ2) is 7.42. The number of hydrogen-bond acceptors (Lipinski definition) is 5. The van der Waals surface area contributed by atoms with Gasteiger partial charge < -0.3 is 15.1 Å². The maximum atomic E-state index is 11.9. The molecule has 2 aromatic rings. The number of furan rings is 1. The third kappa shape index (κ3) is 3.86. The first-order valence-corrected chi connectivity index (χ1v) is 8.43. The first-order valence-electron chi connectivity index (χ1n) is 7.49. The van der Waals surface area contributed by atoms with Crippen molar-refractivity contribution >= 4 is 17.4 Å². The third-order valence-electron chi connectivity index (χ3n) is 3.82. The molecule has 2 N–H and O–H groups in total. The van der Waals surface area contributed by atoms with Crippen molar-refractivity contribution < 1.29 is 9.21 Å². The van der Waals surface area contributed by atoms with Crippen LogP contribution in [-0.4, -0.2) is 35.5 Å². The van der Waals surface area contributed by atoms with Crippen molar-refractivity contribution in [2.45, 2.75) is 25.4 Å². The van der Waals surface area contributed by atoms with Crippen molar-refractivity contribution in [2.75, 3.05) is 19.6 Å². The minimum absolute atomic E-state index is 0.0996. The zero-order valence-corrected chi connectivity index (χ0v) is 13.1. The summed E-state index contributed by atoms with van der Waals surface area (Å²) in [6.45, 7) is 3.09. The van der Waals surface area contributed by atoms with E-state index in [1.807, 2.05) is 17.5 Å². The molecule has 2 amide bonds. The third-order valence-corrected chi connectivity index (χ3v) is 4.46. The van der Waals surface area contributed by atoms with Crippen LogP contribution in [0, 0.1) is 0 Å². The van der Waals surface area contributed by atoms with Crippen molar-refractivity contribution in [2.24, 2.45) is 0 Å². The van der Waals surface area contributed by atoms with Gasteiger partial charge in [-0.3, -0.25) is 4.90 Å². The summed E-state index contributed by atoms with van der Waals surface area (Å²) in [5.41, 5.74) is 2.64. The number of amides is 2. The van der Waals surface area contributed by atoms with Gasteiger partial charge in [-0.1, -0.05) is 0 Å². The molecular formula is C15H20N4O2S. The highest BCUT2D eigenvalue weighted by atomic mass is 32.1. The second-order valence-corrected chi connectivity index (χ2v) is 6.04. The monoisotopic (exact) mass is 320 g/mol. The zero-order chi connectivity index (χ0) is 15.2. The van der Waals surface area contributed by atoms with E-state index in [1.165, 1.54) is 24.2 Å². The van der Waals surface area contributed by atoms with Gasteiger partial charge in [-0.15, -0.1) is 11.3 Å². The lowest BCUT2D eigenvalue weighted by molar-refractivity contribution is 0.203. The van der Waals surface area contributed by atoms with Gasteiger partial charge in [0.2, 0.25) is 0 Å². The highest BCUT2D eigenvalue weighted by molar-refractivity contribution is 7.07. The summed E-state index contributed by atoms with van der Waals surface area (Å²) in [5.74, 6) is 0.904. The quantitative estimate of drug-likeness (QED) is 0.857. The summed E-state index contributed by atoms with van der Waals surface area (Å²) >= 11 is 1.52. The molecule has 6 nitrogen and oxygen atoms in total. The van der Waals surface area contributed by atoms with E-state index in [9.17, 15) is 4.79 Å². The van der Waals surface area contributed by atoms with Gasteiger partial charge in [-0.05, 0) is 38.1 Å². The number of thiazole rings is 1. The van der Waals surface area contributed by atoms with Gasteiger partial charge in [-0.2, -0.15) is 0 Å². The smallest absolute Gasteiger partial charge is 0.315 e. The summed E-state index contributed by atoms with van der Waals surface area (Å²) in [4.78, 5) is 18.4. The molecule has 0 unspecified atom stereocenters. The van der Waals surface area contributed by atoms with Gasteiger partial charge >= 0.3 is 6.03 Å². The first kappa shape index (κ1) is 15.1. The van der Waals surface area contributed by atoms with Crippen LogP contribution in [0.4, 0.5) is 4.79 Å². The zero-order valence-electron chi connectivity index (χ0n) is 12.3. The Balaban J connectivity index is 1.51. The highest BCUT2D eigenvalue weighted by Crippen LogP contribution is 2.24. The topological polar surface area (TPSA) is 70.4 Å². The fraction of sp³-hybridized carbons (Fsp3) is 0.467. The summed E-state index contributed by atoms with van der Waals surface area (Å²) in [6.07, 6.45) is 4.08. The largest absolute Gasteiger partial charge is 0.468 e. The number of rotatable bonds is 6. The van der Waals surface area contributed by atoms with Crippen molar-refractivity contribution in [3.8, 4) is 0 Å². The molecule has 1 aliphatic heterocycles. The van der Waals surface area contributed by atoms with E-state index in [2.05, 4.69) is 20.5 Å². The fourth-order valence-electron chi connectivity index (χ4n) is 2.69. The molecule has 7 heteroatoms. The number of aromatic nitrogens is 1. The van der Waals surface area contributed by atoms with Crippen molar-refractivity contribution in [1.29, 1.82) is 0 Å². The maximum Gasteiger partial charge on any atom is 0.315 e. The van der Waals surface area contributed by atoms with Gasteiger partial charge in [0.05, 0.1) is 30.1 Å². The normalized spacial score (nSPS) is 16.5. The Kier molecular flexibility index (Phi) is 5.07. The summed E-state index contributed by atoms with van der Waals surface area (Å²) in [7, 11) is 0. The van der Waals surface area contributed by atoms with Gasteiger partial charge in [0, 0.05) is 11.9 Å². The standard InChI is InChI=1S/C15H20N4O2S/c20-15(16-8-12-10-22-11-18-12)17-9-13(14-4-3-7-21-14)19-5-1-2-6-19/h3-4,7,10-11,13H,1-2,5-6,8-9H2,(H2,16,17,20)/t13-/m0/s1. The molecule has 118 valence electrons.